The average Bonchev–Trinajstić information content (AvgIpc) is 2.68. The fourth-order valence-electron chi connectivity index (χ4n) is 2.76. The Kier molecular flexibility index (Phi) is 7.97. The minimum Gasteiger partial charge on any atom is -0.352 e. The van der Waals surface area contributed by atoms with E-state index in [2.05, 4.69) is 16.0 Å². The standard InChI is InChI=1S/C19H18F3N5OS.ClH/c20-19(21,22)12-8-14(26-17(28)3-5-25-6-4-23)18-16(9-12)29-15-7-11(10-24)1-2-13(15)27-18;/h1-2,7-9,25,27H,3-6,23H2,(H,26,28);1H. The number of benzene rings is 2. The van der Waals surface area contributed by atoms with E-state index < -0.39 is 17.6 Å². The van der Waals surface area contributed by atoms with Gasteiger partial charge in [-0.25, -0.2) is 0 Å². The van der Waals surface area contributed by atoms with E-state index in [-0.39, 0.29) is 24.5 Å². The number of nitriles is 1. The lowest BCUT2D eigenvalue weighted by atomic mass is 10.1. The van der Waals surface area contributed by atoms with Crippen molar-refractivity contribution in [2.45, 2.75) is 22.4 Å². The first kappa shape index (κ1) is 23.8. The summed E-state index contributed by atoms with van der Waals surface area (Å²) in [4.78, 5) is 13.2. The number of fused-ring (bicyclic) bond motifs is 2. The molecule has 30 heavy (non-hydrogen) atoms. The van der Waals surface area contributed by atoms with Crippen molar-refractivity contribution in [2.24, 2.45) is 5.73 Å². The maximum atomic E-state index is 13.4. The zero-order chi connectivity index (χ0) is 21.0. The van der Waals surface area contributed by atoms with Gasteiger partial charge in [-0.3, -0.25) is 4.79 Å². The second kappa shape index (κ2) is 10.0. The predicted octanol–water partition coefficient (Wildman–Crippen LogP) is 4.08. The maximum absolute atomic E-state index is 13.4. The lowest BCUT2D eigenvalue weighted by Crippen LogP contribution is -2.26. The van der Waals surface area contributed by atoms with Crippen molar-refractivity contribution in [2.75, 3.05) is 30.3 Å². The molecule has 2 aromatic carbocycles. The summed E-state index contributed by atoms with van der Waals surface area (Å²) in [5, 5.41) is 17.7. The number of nitrogens with two attached hydrogens (primary N) is 1. The van der Waals surface area contributed by atoms with Gasteiger partial charge in [0.1, 0.15) is 0 Å². The molecule has 160 valence electrons. The van der Waals surface area contributed by atoms with Crippen molar-refractivity contribution in [1.29, 1.82) is 5.26 Å². The van der Waals surface area contributed by atoms with Gasteiger partial charge in [0.15, 0.2) is 0 Å². The summed E-state index contributed by atoms with van der Waals surface area (Å²) in [6.07, 6.45) is -4.47. The molecule has 0 saturated carbocycles. The zero-order valence-corrected chi connectivity index (χ0v) is 17.2. The van der Waals surface area contributed by atoms with Crippen LogP contribution >= 0.6 is 24.2 Å². The van der Waals surface area contributed by atoms with Crippen LogP contribution < -0.4 is 21.7 Å². The van der Waals surface area contributed by atoms with Crippen LogP contribution in [0.5, 0.6) is 0 Å². The van der Waals surface area contributed by atoms with Crippen LogP contribution in [-0.2, 0) is 11.0 Å². The number of rotatable bonds is 6. The number of hydrogen-bond donors (Lipinski definition) is 4. The summed E-state index contributed by atoms with van der Waals surface area (Å²) in [7, 11) is 0. The van der Waals surface area contributed by atoms with Crippen molar-refractivity contribution < 1.29 is 18.0 Å². The molecule has 0 radical (unpaired) electrons. The van der Waals surface area contributed by atoms with Gasteiger partial charge >= 0.3 is 6.18 Å². The van der Waals surface area contributed by atoms with Crippen LogP contribution in [0.3, 0.4) is 0 Å². The highest BCUT2D eigenvalue weighted by atomic mass is 35.5. The highest BCUT2D eigenvalue weighted by Gasteiger charge is 2.33. The molecule has 2 aromatic rings. The molecule has 11 heteroatoms. The van der Waals surface area contributed by atoms with Crippen LogP contribution in [0.25, 0.3) is 0 Å². The minimum atomic E-state index is -4.56. The van der Waals surface area contributed by atoms with E-state index >= 15 is 0 Å². The van der Waals surface area contributed by atoms with Crippen molar-refractivity contribution in [3.8, 4) is 6.07 Å². The number of carbonyl (C=O) groups is 1. The third kappa shape index (κ3) is 5.58. The molecule has 1 heterocycles. The molecule has 0 bridgehead atoms. The van der Waals surface area contributed by atoms with Crippen molar-refractivity contribution >= 4 is 47.1 Å². The molecular weight excluding hydrogens is 439 g/mol. The minimum absolute atomic E-state index is 0. The molecule has 0 saturated heterocycles. The fourth-order valence-corrected chi connectivity index (χ4v) is 3.86. The highest BCUT2D eigenvalue weighted by molar-refractivity contribution is 7.99. The van der Waals surface area contributed by atoms with Gasteiger partial charge in [-0.1, -0.05) is 11.8 Å². The molecule has 1 aliphatic rings. The molecule has 6 nitrogen and oxygen atoms in total. The maximum Gasteiger partial charge on any atom is 0.416 e. The summed E-state index contributed by atoms with van der Waals surface area (Å²) >= 11 is 1.12. The second-order valence-electron chi connectivity index (χ2n) is 6.28. The van der Waals surface area contributed by atoms with E-state index in [1.807, 2.05) is 6.07 Å². The first-order chi connectivity index (χ1) is 13.8. The molecule has 0 atom stereocenters. The van der Waals surface area contributed by atoms with Gasteiger partial charge in [-0.15, -0.1) is 12.4 Å². The smallest absolute Gasteiger partial charge is 0.352 e. The van der Waals surface area contributed by atoms with Crippen molar-refractivity contribution in [3.05, 3.63) is 41.5 Å². The summed E-state index contributed by atoms with van der Waals surface area (Å²) < 4.78 is 40.1. The number of nitrogens with one attached hydrogen (secondary N) is 3. The monoisotopic (exact) mass is 457 g/mol. The Morgan fingerprint density at radius 3 is 2.63 bits per heavy atom. The van der Waals surface area contributed by atoms with Crippen LogP contribution in [-0.4, -0.2) is 25.5 Å². The van der Waals surface area contributed by atoms with Crippen LogP contribution in [0.4, 0.5) is 30.2 Å². The van der Waals surface area contributed by atoms with Gasteiger partial charge in [-0.2, -0.15) is 18.4 Å². The van der Waals surface area contributed by atoms with Gasteiger partial charge in [0.2, 0.25) is 5.91 Å². The molecule has 5 N–H and O–H groups in total. The molecule has 1 aliphatic heterocycles. The molecule has 0 aliphatic carbocycles. The zero-order valence-electron chi connectivity index (χ0n) is 15.6. The first-order valence-electron chi connectivity index (χ1n) is 8.76. The number of alkyl halides is 3. The van der Waals surface area contributed by atoms with Crippen molar-refractivity contribution in [3.63, 3.8) is 0 Å². The lowest BCUT2D eigenvalue weighted by molar-refractivity contribution is -0.137. The van der Waals surface area contributed by atoms with E-state index in [9.17, 15) is 18.0 Å². The molecule has 1 amide bonds. The Labute approximate surface area is 181 Å². The topological polar surface area (TPSA) is 103 Å². The van der Waals surface area contributed by atoms with Gasteiger partial charge in [0.25, 0.3) is 0 Å². The van der Waals surface area contributed by atoms with E-state index in [1.54, 1.807) is 18.2 Å². The third-order valence-electron chi connectivity index (χ3n) is 4.14. The fraction of sp³-hybridized carbons (Fsp3) is 0.263. The lowest BCUT2D eigenvalue weighted by Gasteiger charge is -2.25. The number of carbonyl (C=O) groups excluding carboxylic acids is 1. The number of hydrogen-bond acceptors (Lipinski definition) is 6. The average molecular weight is 458 g/mol. The Morgan fingerprint density at radius 2 is 1.97 bits per heavy atom. The molecule has 0 aromatic heterocycles. The quantitative estimate of drug-likeness (QED) is 0.416. The Morgan fingerprint density at radius 1 is 1.20 bits per heavy atom. The number of nitrogens with zero attached hydrogens (tertiary/aromatic N) is 1. The third-order valence-corrected chi connectivity index (χ3v) is 5.24. The van der Waals surface area contributed by atoms with E-state index in [0.29, 0.717) is 46.4 Å². The van der Waals surface area contributed by atoms with E-state index in [4.69, 9.17) is 11.0 Å². The highest BCUT2D eigenvalue weighted by Crippen LogP contribution is 2.49. The van der Waals surface area contributed by atoms with E-state index in [0.717, 1.165) is 23.9 Å². The molecule has 0 fully saturated rings. The molecule has 0 unspecified atom stereocenters. The normalized spacial score (nSPS) is 12.0. The van der Waals surface area contributed by atoms with Crippen molar-refractivity contribution in [1.82, 2.24) is 5.32 Å². The number of halogens is 4. The molecular formula is C19H19ClF3N5OS. The molecule has 0 spiro atoms. The van der Waals surface area contributed by atoms with Gasteiger partial charge < -0.3 is 21.7 Å². The number of anilines is 3. The SMILES string of the molecule is Cl.N#Cc1ccc2c(c1)Sc1cc(C(F)(F)F)cc(NC(=O)CCNCCN)c1N2. The Bertz CT molecular complexity index is 978. The summed E-state index contributed by atoms with van der Waals surface area (Å²) in [6.45, 7) is 1.34. The summed E-state index contributed by atoms with van der Waals surface area (Å²) in [5.74, 6) is -0.409. The van der Waals surface area contributed by atoms with Crippen LogP contribution in [0.15, 0.2) is 40.1 Å². The summed E-state index contributed by atoms with van der Waals surface area (Å²) in [6, 6.07) is 8.88. The first-order valence-corrected chi connectivity index (χ1v) is 9.58. The van der Waals surface area contributed by atoms with Crippen LogP contribution in [0.1, 0.15) is 17.5 Å². The largest absolute Gasteiger partial charge is 0.416 e. The number of amides is 1. The van der Waals surface area contributed by atoms with Gasteiger partial charge in [0.05, 0.1) is 34.3 Å². The second-order valence-corrected chi connectivity index (χ2v) is 7.37. The Hall–Kier alpha value is -2.45. The Balaban J connectivity index is 0.00000320. The predicted molar refractivity (Wildman–Crippen MR) is 112 cm³/mol. The van der Waals surface area contributed by atoms with E-state index in [1.165, 1.54) is 0 Å². The van der Waals surface area contributed by atoms with Gasteiger partial charge in [-0.05, 0) is 30.3 Å². The van der Waals surface area contributed by atoms with Gasteiger partial charge in [0, 0.05) is 35.8 Å². The van der Waals surface area contributed by atoms with Crippen LogP contribution in [0, 0.1) is 11.3 Å². The molecule has 3 rings (SSSR count). The van der Waals surface area contributed by atoms with Crippen LogP contribution in [0.2, 0.25) is 0 Å². The summed E-state index contributed by atoms with van der Waals surface area (Å²) in [5.41, 5.74) is 6.01.